The zero-order valence-corrected chi connectivity index (χ0v) is 11.7. The van der Waals surface area contributed by atoms with Crippen LogP contribution in [0.1, 0.15) is 64.2 Å². The van der Waals surface area contributed by atoms with E-state index in [-0.39, 0.29) is 0 Å². The number of hydrogen-bond acceptors (Lipinski definition) is 2. The lowest BCUT2D eigenvalue weighted by Crippen LogP contribution is -2.42. The second-order valence-electron chi connectivity index (χ2n) is 6.94. The first-order chi connectivity index (χ1) is 8.83. The van der Waals surface area contributed by atoms with Crippen LogP contribution in [0.15, 0.2) is 0 Å². The van der Waals surface area contributed by atoms with Gasteiger partial charge in [-0.15, -0.1) is 0 Å². The first-order valence-corrected chi connectivity index (χ1v) is 8.17. The Labute approximate surface area is 112 Å². The predicted molar refractivity (Wildman–Crippen MR) is 74.4 cm³/mol. The molecular formula is C16H29NO. The van der Waals surface area contributed by atoms with E-state index in [9.17, 15) is 0 Å². The summed E-state index contributed by atoms with van der Waals surface area (Å²) >= 11 is 0. The van der Waals surface area contributed by atoms with Crippen LogP contribution in [-0.4, -0.2) is 18.8 Å². The van der Waals surface area contributed by atoms with Gasteiger partial charge < -0.3 is 10.5 Å². The van der Waals surface area contributed by atoms with Gasteiger partial charge in [0.25, 0.3) is 0 Å². The van der Waals surface area contributed by atoms with Crippen molar-refractivity contribution < 1.29 is 4.74 Å². The molecule has 3 aliphatic rings. The molecule has 0 aromatic heterocycles. The van der Waals surface area contributed by atoms with Crippen LogP contribution in [0, 0.1) is 17.8 Å². The molecular weight excluding hydrogens is 222 g/mol. The molecule has 18 heavy (non-hydrogen) atoms. The molecule has 0 bridgehead atoms. The van der Waals surface area contributed by atoms with Gasteiger partial charge in [-0.25, -0.2) is 0 Å². The van der Waals surface area contributed by atoms with Crippen molar-refractivity contribution in [2.45, 2.75) is 69.8 Å². The van der Waals surface area contributed by atoms with E-state index in [2.05, 4.69) is 0 Å². The van der Waals surface area contributed by atoms with Crippen LogP contribution in [0.3, 0.4) is 0 Å². The third-order valence-corrected chi connectivity index (χ3v) is 5.92. The first-order valence-electron chi connectivity index (χ1n) is 8.17. The average Bonchev–Trinajstić information content (AvgIpc) is 2.86. The van der Waals surface area contributed by atoms with Gasteiger partial charge >= 0.3 is 0 Å². The molecule has 3 rings (SSSR count). The van der Waals surface area contributed by atoms with Crippen molar-refractivity contribution in [2.24, 2.45) is 23.5 Å². The fraction of sp³-hybridized carbons (Fsp3) is 1.00. The van der Waals surface area contributed by atoms with E-state index < -0.39 is 0 Å². The predicted octanol–water partition coefficient (Wildman–Crippen LogP) is 3.49. The number of hydrogen-bond donors (Lipinski definition) is 1. The van der Waals surface area contributed by atoms with Gasteiger partial charge in [0.05, 0.1) is 5.60 Å². The van der Waals surface area contributed by atoms with Gasteiger partial charge in [-0.2, -0.15) is 0 Å². The molecule has 0 aromatic rings. The van der Waals surface area contributed by atoms with Gasteiger partial charge in [0.2, 0.25) is 0 Å². The Morgan fingerprint density at radius 3 is 2.56 bits per heavy atom. The van der Waals surface area contributed by atoms with Crippen molar-refractivity contribution in [3.8, 4) is 0 Å². The van der Waals surface area contributed by atoms with Crippen molar-refractivity contribution in [2.75, 3.05) is 13.2 Å². The molecule has 3 fully saturated rings. The summed E-state index contributed by atoms with van der Waals surface area (Å²) in [5.74, 6) is 2.62. The van der Waals surface area contributed by atoms with E-state index in [1.807, 2.05) is 0 Å². The van der Waals surface area contributed by atoms with Gasteiger partial charge in [0.1, 0.15) is 0 Å². The number of nitrogens with two attached hydrogens (primary N) is 1. The maximum absolute atomic E-state index is 6.19. The molecule has 2 saturated carbocycles. The highest BCUT2D eigenvalue weighted by Gasteiger charge is 2.43. The van der Waals surface area contributed by atoms with E-state index in [0.29, 0.717) is 5.60 Å². The summed E-state index contributed by atoms with van der Waals surface area (Å²) in [6.45, 7) is 1.92. The van der Waals surface area contributed by atoms with Crippen LogP contribution in [-0.2, 0) is 4.74 Å². The lowest BCUT2D eigenvalue weighted by Gasteiger charge is -2.45. The molecule has 1 spiro atoms. The highest BCUT2D eigenvalue weighted by atomic mass is 16.5. The largest absolute Gasteiger partial charge is 0.375 e. The van der Waals surface area contributed by atoms with Gasteiger partial charge in [-0.3, -0.25) is 0 Å². The van der Waals surface area contributed by atoms with E-state index >= 15 is 0 Å². The Kier molecular flexibility index (Phi) is 3.95. The molecule has 3 atom stereocenters. The van der Waals surface area contributed by atoms with Gasteiger partial charge in [-0.1, -0.05) is 25.7 Å². The summed E-state index contributed by atoms with van der Waals surface area (Å²) in [5.41, 5.74) is 6.31. The van der Waals surface area contributed by atoms with Gasteiger partial charge in [0, 0.05) is 6.61 Å². The Balaban J connectivity index is 1.67. The molecule has 104 valence electrons. The minimum atomic E-state index is 0.291. The van der Waals surface area contributed by atoms with Crippen LogP contribution < -0.4 is 5.73 Å². The zero-order chi connectivity index (χ0) is 12.4. The van der Waals surface area contributed by atoms with E-state index in [1.54, 1.807) is 0 Å². The van der Waals surface area contributed by atoms with Crippen LogP contribution >= 0.6 is 0 Å². The molecule has 2 nitrogen and oxygen atoms in total. The smallest absolute Gasteiger partial charge is 0.0685 e. The molecule has 2 heteroatoms. The average molecular weight is 251 g/mol. The fourth-order valence-corrected chi connectivity index (χ4v) is 4.95. The minimum Gasteiger partial charge on any atom is -0.375 e. The third kappa shape index (κ3) is 2.46. The lowest BCUT2D eigenvalue weighted by molar-refractivity contribution is -0.108. The Morgan fingerprint density at radius 1 is 1.00 bits per heavy atom. The zero-order valence-electron chi connectivity index (χ0n) is 11.7. The Morgan fingerprint density at radius 2 is 1.78 bits per heavy atom. The van der Waals surface area contributed by atoms with Crippen molar-refractivity contribution in [1.29, 1.82) is 0 Å². The summed E-state index contributed by atoms with van der Waals surface area (Å²) in [6, 6.07) is 0. The Hall–Kier alpha value is -0.0800. The third-order valence-electron chi connectivity index (χ3n) is 5.92. The normalized spacial score (nSPS) is 40.2. The molecule has 0 aromatic carbocycles. The monoisotopic (exact) mass is 251 g/mol. The van der Waals surface area contributed by atoms with Crippen LogP contribution in [0.2, 0.25) is 0 Å². The minimum absolute atomic E-state index is 0.291. The van der Waals surface area contributed by atoms with Crippen molar-refractivity contribution in [1.82, 2.24) is 0 Å². The Bertz CT molecular complexity index is 272. The van der Waals surface area contributed by atoms with E-state index in [4.69, 9.17) is 10.5 Å². The molecule has 0 amide bonds. The standard InChI is InChI=1S/C16H29NO/c17-12-14-5-1-2-6-15(14)13-7-10-18-16(11-13)8-3-4-9-16/h13-15H,1-12,17H2. The second-order valence-corrected chi connectivity index (χ2v) is 6.94. The van der Waals surface area contributed by atoms with E-state index in [0.717, 1.165) is 30.9 Å². The molecule has 3 unspecified atom stereocenters. The van der Waals surface area contributed by atoms with Crippen molar-refractivity contribution in [3.05, 3.63) is 0 Å². The molecule has 1 saturated heterocycles. The van der Waals surface area contributed by atoms with Crippen LogP contribution in [0.5, 0.6) is 0 Å². The maximum Gasteiger partial charge on any atom is 0.0685 e. The van der Waals surface area contributed by atoms with Gasteiger partial charge in [-0.05, 0) is 62.8 Å². The lowest BCUT2D eigenvalue weighted by atomic mass is 9.67. The highest BCUT2D eigenvalue weighted by Crippen LogP contribution is 2.47. The molecule has 1 heterocycles. The molecule has 2 N–H and O–H groups in total. The highest BCUT2D eigenvalue weighted by molar-refractivity contribution is 4.94. The summed E-state index contributed by atoms with van der Waals surface area (Å²) in [6.07, 6.45) is 13.7. The first kappa shape index (κ1) is 12.9. The SMILES string of the molecule is NCC1CCCCC1C1CCOC2(CCCC2)C1. The quantitative estimate of drug-likeness (QED) is 0.815. The maximum atomic E-state index is 6.19. The fourth-order valence-electron chi connectivity index (χ4n) is 4.95. The van der Waals surface area contributed by atoms with Crippen molar-refractivity contribution in [3.63, 3.8) is 0 Å². The summed E-state index contributed by atoms with van der Waals surface area (Å²) < 4.78 is 6.19. The van der Waals surface area contributed by atoms with Crippen LogP contribution in [0.25, 0.3) is 0 Å². The molecule has 2 aliphatic carbocycles. The summed E-state index contributed by atoms with van der Waals surface area (Å²) in [4.78, 5) is 0. The molecule has 0 radical (unpaired) electrons. The number of ether oxygens (including phenoxy) is 1. The summed E-state index contributed by atoms with van der Waals surface area (Å²) in [7, 11) is 0. The molecule has 1 aliphatic heterocycles. The van der Waals surface area contributed by atoms with E-state index in [1.165, 1.54) is 64.2 Å². The van der Waals surface area contributed by atoms with Crippen molar-refractivity contribution >= 4 is 0 Å². The number of rotatable bonds is 2. The van der Waals surface area contributed by atoms with Gasteiger partial charge in [0.15, 0.2) is 0 Å². The summed E-state index contributed by atoms with van der Waals surface area (Å²) in [5, 5.41) is 0. The van der Waals surface area contributed by atoms with Crippen LogP contribution in [0.4, 0.5) is 0 Å². The second kappa shape index (κ2) is 5.50. The topological polar surface area (TPSA) is 35.2 Å².